The summed E-state index contributed by atoms with van der Waals surface area (Å²) in [5.41, 5.74) is 1.66. The molecule has 0 unspecified atom stereocenters. The Morgan fingerprint density at radius 3 is 2.75 bits per heavy atom. The van der Waals surface area contributed by atoms with Crippen LogP contribution >= 0.6 is 15.9 Å². The molecule has 0 heterocycles. The van der Waals surface area contributed by atoms with Crippen molar-refractivity contribution in [3.8, 4) is 0 Å². The van der Waals surface area contributed by atoms with Crippen LogP contribution in [0.2, 0.25) is 0 Å². The van der Waals surface area contributed by atoms with E-state index < -0.39 is 16.4 Å². The maximum atomic E-state index is 13.9. The fourth-order valence-corrected chi connectivity index (χ4v) is 2.43. The highest BCUT2D eigenvalue weighted by Crippen LogP contribution is 2.25. The van der Waals surface area contributed by atoms with E-state index in [1.165, 1.54) is 12.1 Å². The van der Waals surface area contributed by atoms with Crippen LogP contribution in [-0.4, -0.2) is 4.92 Å². The van der Waals surface area contributed by atoms with E-state index in [2.05, 4.69) is 21.2 Å². The number of nitro groups is 1. The van der Waals surface area contributed by atoms with Crippen molar-refractivity contribution in [2.45, 2.75) is 13.5 Å². The first-order chi connectivity index (χ1) is 9.49. The van der Waals surface area contributed by atoms with Crippen LogP contribution in [0.5, 0.6) is 0 Å². The number of hydrogen-bond donors (Lipinski definition) is 1. The van der Waals surface area contributed by atoms with Crippen LogP contribution in [0.25, 0.3) is 0 Å². The van der Waals surface area contributed by atoms with Gasteiger partial charge in [0.2, 0.25) is 5.82 Å². The summed E-state index contributed by atoms with van der Waals surface area (Å²) in [4.78, 5) is 9.96. The molecule has 104 valence electrons. The molecular weight excluding hydrogens is 327 g/mol. The zero-order valence-electron chi connectivity index (χ0n) is 10.7. The van der Waals surface area contributed by atoms with Gasteiger partial charge in [-0.25, -0.2) is 0 Å². The molecule has 0 aromatic heterocycles. The molecule has 0 spiro atoms. The van der Waals surface area contributed by atoms with Gasteiger partial charge in [0.1, 0.15) is 0 Å². The summed E-state index contributed by atoms with van der Waals surface area (Å²) in [7, 11) is 0. The van der Waals surface area contributed by atoms with Crippen molar-refractivity contribution in [2.75, 3.05) is 5.32 Å². The molecule has 2 rings (SSSR count). The molecule has 2 aromatic carbocycles. The van der Waals surface area contributed by atoms with Gasteiger partial charge in [0.05, 0.1) is 4.92 Å². The van der Waals surface area contributed by atoms with Crippen LogP contribution in [0.4, 0.5) is 15.8 Å². The van der Waals surface area contributed by atoms with Crippen LogP contribution in [0.3, 0.4) is 0 Å². The van der Waals surface area contributed by atoms with Gasteiger partial charge >= 0.3 is 5.69 Å². The van der Waals surface area contributed by atoms with Gasteiger partial charge in [-0.3, -0.25) is 10.1 Å². The molecule has 2 aromatic rings. The van der Waals surface area contributed by atoms with Gasteiger partial charge < -0.3 is 5.32 Å². The Hall–Kier alpha value is -1.95. The minimum Gasteiger partial charge on any atom is -0.380 e. The van der Waals surface area contributed by atoms with Crippen molar-refractivity contribution in [2.24, 2.45) is 0 Å². The topological polar surface area (TPSA) is 55.2 Å². The van der Waals surface area contributed by atoms with Crippen LogP contribution in [0.15, 0.2) is 40.9 Å². The predicted molar refractivity (Wildman–Crippen MR) is 79.3 cm³/mol. The lowest BCUT2D eigenvalue weighted by Gasteiger charge is -2.10. The van der Waals surface area contributed by atoms with E-state index in [-0.39, 0.29) is 12.1 Å². The number of rotatable bonds is 4. The standard InChI is InChI=1S/C14H12BrFN2O2/c1-9-5-6-12(11(15)7-9)17-8-10-3-2-4-13(14(10)16)18(19)20/h2-7,17H,8H2,1H3. The third-order valence-corrected chi connectivity index (χ3v) is 3.50. The number of hydrogen-bond acceptors (Lipinski definition) is 3. The monoisotopic (exact) mass is 338 g/mol. The van der Waals surface area contributed by atoms with Crippen LogP contribution < -0.4 is 5.32 Å². The second kappa shape index (κ2) is 6.00. The molecule has 0 radical (unpaired) electrons. The van der Waals surface area contributed by atoms with Crippen LogP contribution in [0.1, 0.15) is 11.1 Å². The number of nitrogens with one attached hydrogen (secondary N) is 1. The minimum absolute atomic E-state index is 0.176. The van der Waals surface area contributed by atoms with Crippen molar-refractivity contribution < 1.29 is 9.31 Å². The zero-order chi connectivity index (χ0) is 14.7. The number of aryl methyl sites for hydroxylation is 1. The summed E-state index contributed by atoms with van der Waals surface area (Å²) in [6.07, 6.45) is 0. The number of nitro benzene ring substituents is 1. The van der Waals surface area contributed by atoms with E-state index in [0.29, 0.717) is 0 Å². The SMILES string of the molecule is Cc1ccc(NCc2cccc([N+](=O)[O-])c2F)c(Br)c1. The first-order valence-corrected chi connectivity index (χ1v) is 6.70. The van der Waals surface area contributed by atoms with Gasteiger partial charge in [-0.15, -0.1) is 0 Å². The highest BCUT2D eigenvalue weighted by molar-refractivity contribution is 9.10. The summed E-state index contributed by atoms with van der Waals surface area (Å²) in [5.74, 6) is -0.798. The zero-order valence-corrected chi connectivity index (χ0v) is 12.3. The Kier molecular flexibility index (Phi) is 4.34. The van der Waals surface area contributed by atoms with Gasteiger partial charge in [-0.1, -0.05) is 18.2 Å². The van der Waals surface area contributed by atoms with E-state index in [0.717, 1.165) is 21.8 Å². The average Bonchev–Trinajstić information content (AvgIpc) is 2.39. The summed E-state index contributed by atoms with van der Waals surface area (Å²) in [5, 5.41) is 13.7. The van der Waals surface area contributed by atoms with Crippen LogP contribution in [-0.2, 0) is 6.54 Å². The molecule has 0 atom stereocenters. The maximum Gasteiger partial charge on any atom is 0.305 e. The number of nitrogens with zero attached hydrogens (tertiary/aromatic N) is 1. The van der Waals surface area contributed by atoms with E-state index >= 15 is 0 Å². The molecule has 0 saturated carbocycles. The van der Waals surface area contributed by atoms with Gasteiger partial charge in [0.15, 0.2) is 0 Å². The average molecular weight is 339 g/mol. The van der Waals surface area contributed by atoms with E-state index in [9.17, 15) is 14.5 Å². The smallest absolute Gasteiger partial charge is 0.305 e. The van der Waals surface area contributed by atoms with Gasteiger partial charge in [-0.05, 0) is 40.5 Å². The minimum atomic E-state index is -0.798. The Bertz CT molecular complexity index is 662. The fourth-order valence-electron chi connectivity index (χ4n) is 1.80. The summed E-state index contributed by atoms with van der Waals surface area (Å²) in [6.45, 7) is 2.14. The second-order valence-electron chi connectivity index (χ2n) is 4.34. The van der Waals surface area contributed by atoms with Gasteiger partial charge in [0, 0.05) is 28.3 Å². The Balaban J connectivity index is 2.19. The van der Waals surface area contributed by atoms with E-state index in [4.69, 9.17) is 0 Å². The molecular formula is C14H12BrFN2O2. The van der Waals surface area contributed by atoms with Crippen molar-refractivity contribution in [1.82, 2.24) is 0 Å². The van der Waals surface area contributed by atoms with Crippen molar-refractivity contribution in [3.63, 3.8) is 0 Å². The molecule has 4 nitrogen and oxygen atoms in total. The highest BCUT2D eigenvalue weighted by atomic mass is 79.9. The van der Waals surface area contributed by atoms with Crippen molar-refractivity contribution >= 4 is 27.3 Å². The largest absolute Gasteiger partial charge is 0.380 e. The number of anilines is 1. The van der Waals surface area contributed by atoms with Crippen molar-refractivity contribution in [1.29, 1.82) is 0 Å². The number of halogens is 2. The van der Waals surface area contributed by atoms with Gasteiger partial charge in [-0.2, -0.15) is 4.39 Å². The second-order valence-corrected chi connectivity index (χ2v) is 5.20. The Morgan fingerprint density at radius 1 is 1.35 bits per heavy atom. The lowest BCUT2D eigenvalue weighted by atomic mass is 10.1. The third-order valence-electron chi connectivity index (χ3n) is 2.85. The van der Waals surface area contributed by atoms with E-state index in [1.54, 1.807) is 0 Å². The Labute approximate surface area is 123 Å². The Morgan fingerprint density at radius 2 is 2.10 bits per heavy atom. The summed E-state index contributed by atoms with van der Waals surface area (Å²) in [6, 6.07) is 9.89. The molecule has 0 fully saturated rings. The molecule has 0 aliphatic heterocycles. The highest BCUT2D eigenvalue weighted by Gasteiger charge is 2.16. The van der Waals surface area contributed by atoms with Crippen LogP contribution in [0, 0.1) is 22.9 Å². The lowest BCUT2D eigenvalue weighted by molar-refractivity contribution is -0.387. The van der Waals surface area contributed by atoms with E-state index in [1.807, 2.05) is 25.1 Å². The molecule has 0 bridgehead atoms. The molecule has 1 N–H and O–H groups in total. The first kappa shape index (κ1) is 14.5. The fraction of sp³-hybridized carbons (Fsp3) is 0.143. The molecule has 0 amide bonds. The van der Waals surface area contributed by atoms with Gasteiger partial charge in [0.25, 0.3) is 0 Å². The molecule has 20 heavy (non-hydrogen) atoms. The summed E-state index contributed by atoms with van der Waals surface area (Å²) >= 11 is 3.41. The quantitative estimate of drug-likeness (QED) is 0.663. The maximum absolute atomic E-state index is 13.9. The first-order valence-electron chi connectivity index (χ1n) is 5.91. The lowest BCUT2D eigenvalue weighted by Crippen LogP contribution is -2.04. The third kappa shape index (κ3) is 3.14. The summed E-state index contributed by atoms with van der Waals surface area (Å²) < 4.78 is 14.8. The molecule has 0 aliphatic rings. The molecule has 6 heteroatoms. The molecule has 0 aliphatic carbocycles. The van der Waals surface area contributed by atoms with Crippen molar-refractivity contribution in [3.05, 3.63) is 67.9 Å². The normalized spacial score (nSPS) is 10.3. The predicted octanol–water partition coefficient (Wildman–Crippen LogP) is 4.42. The number of benzene rings is 2. The molecule has 0 saturated heterocycles.